The van der Waals surface area contributed by atoms with Crippen LogP contribution < -0.4 is 10.0 Å². The molecule has 5 nitrogen and oxygen atoms in total. The van der Waals surface area contributed by atoms with Crippen LogP contribution in [-0.4, -0.2) is 37.1 Å². The van der Waals surface area contributed by atoms with Gasteiger partial charge in [-0.3, -0.25) is 0 Å². The molecule has 7 heteroatoms. The number of sulfonamides is 1. The molecule has 2 rings (SSSR count). The first-order valence-electron chi connectivity index (χ1n) is 8.46. The van der Waals surface area contributed by atoms with Gasteiger partial charge < -0.3 is 9.87 Å². The zero-order valence-corrected chi connectivity index (χ0v) is 16.3. The van der Waals surface area contributed by atoms with E-state index in [0.717, 1.165) is 42.8 Å². The fourth-order valence-corrected chi connectivity index (χ4v) is 4.37. The van der Waals surface area contributed by atoms with E-state index in [4.69, 9.17) is 0 Å². The van der Waals surface area contributed by atoms with Crippen molar-refractivity contribution in [2.75, 3.05) is 18.1 Å². The zero-order chi connectivity index (χ0) is 17.7. The van der Waals surface area contributed by atoms with Gasteiger partial charge in [-0.1, -0.05) is 0 Å². The summed E-state index contributed by atoms with van der Waals surface area (Å²) in [6.07, 6.45) is 5.51. The maximum absolute atomic E-state index is 11.9. The van der Waals surface area contributed by atoms with Crippen LogP contribution in [0.3, 0.4) is 0 Å². The average Bonchev–Trinajstić information content (AvgIpc) is 2.54. The van der Waals surface area contributed by atoms with Crippen LogP contribution >= 0.6 is 0 Å². The first-order chi connectivity index (χ1) is 11.3. The molecule has 136 valence electrons. The Morgan fingerprint density at radius 2 is 1.75 bits per heavy atom. The Morgan fingerprint density at radius 1 is 1.17 bits per heavy atom. The second-order valence-corrected chi connectivity index (χ2v) is 10.4. The predicted octanol–water partition coefficient (Wildman–Crippen LogP) is 2.72. The minimum absolute atomic E-state index is 0.0764. The largest absolute Gasteiger partial charge is 0.612 e. The highest BCUT2D eigenvalue weighted by molar-refractivity contribution is 7.90. The number of nitrogens with one attached hydrogen (secondary N) is 2. The van der Waals surface area contributed by atoms with Gasteiger partial charge in [-0.25, -0.2) is 13.1 Å². The van der Waals surface area contributed by atoms with Gasteiger partial charge in [0.05, 0.1) is 5.25 Å². The van der Waals surface area contributed by atoms with E-state index >= 15 is 0 Å². The highest BCUT2D eigenvalue weighted by atomic mass is 32.2. The molecule has 1 aromatic rings. The number of anilines is 1. The molecule has 0 aromatic heterocycles. The molecule has 0 bridgehead atoms. The summed E-state index contributed by atoms with van der Waals surface area (Å²) in [5.74, 6) is 0.560. The van der Waals surface area contributed by atoms with Gasteiger partial charge in [0.15, 0.2) is 4.90 Å². The van der Waals surface area contributed by atoms with E-state index in [9.17, 15) is 13.0 Å². The molecular weight excluding hydrogens is 344 g/mol. The third-order valence-corrected chi connectivity index (χ3v) is 7.42. The topological polar surface area (TPSA) is 81.3 Å². The summed E-state index contributed by atoms with van der Waals surface area (Å²) in [5.41, 5.74) is 1.03. The molecule has 1 fully saturated rings. The molecule has 1 saturated carbocycles. The van der Waals surface area contributed by atoms with Crippen LogP contribution in [0.25, 0.3) is 0 Å². The van der Waals surface area contributed by atoms with E-state index in [1.807, 2.05) is 24.3 Å². The lowest BCUT2D eigenvalue weighted by Crippen LogP contribution is -2.41. The van der Waals surface area contributed by atoms with Gasteiger partial charge in [-0.15, -0.1) is 0 Å². The van der Waals surface area contributed by atoms with Crippen LogP contribution in [-0.2, 0) is 21.2 Å². The third kappa shape index (κ3) is 5.65. The summed E-state index contributed by atoms with van der Waals surface area (Å²) in [6, 6.07) is 7.76. The van der Waals surface area contributed by atoms with Gasteiger partial charge in [0.2, 0.25) is 10.0 Å². The molecule has 0 spiro atoms. The molecule has 1 aromatic carbocycles. The SMILES string of the molecule is CC(C)S(=O)(=O)NC1CCC(CNc2ccc([S+](C)[O-])cc2)CC1. The quantitative estimate of drug-likeness (QED) is 0.721. The summed E-state index contributed by atoms with van der Waals surface area (Å²) in [7, 11) is -3.17. The Morgan fingerprint density at radius 3 is 2.25 bits per heavy atom. The molecule has 1 atom stereocenters. The van der Waals surface area contributed by atoms with Gasteiger partial charge in [0.1, 0.15) is 6.26 Å². The molecule has 0 saturated heterocycles. The summed E-state index contributed by atoms with van der Waals surface area (Å²) in [4.78, 5) is 0.832. The molecular formula is C17H28N2O3S2. The lowest BCUT2D eigenvalue weighted by Gasteiger charge is -2.29. The van der Waals surface area contributed by atoms with Crippen molar-refractivity contribution in [1.29, 1.82) is 0 Å². The number of benzene rings is 1. The summed E-state index contributed by atoms with van der Waals surface area (Å²) >= 11 is -0.945. The lowest BCUT2D eigenvalue weighted by atomic mass is 9.86. The fraction of sp³-hybridized carbons (Fsp3) is 0.647. The minimum Gasteiger partial charge on any atom is -0.612 e. The van der Waals surface area contributed by atoms with Gasteiger partial charge in [-0.05, 0) is 80.9 Å². The summed E-state index contributed by atoms with van der Waals surface area (Å²) < 4.78 is 38.0. The predicted molar refractivity (Wildman–Crippen MR) is 100 cm³/mol. The van der Waals surface area contributed by atoms with Crippen LogP contribution in [0, 0.1) is 5.92 Å². The van der Waals surface area contributed by atoms with Gasteiger partial charge in [0, 0.05) is 18.3 Å². The van der Waals surface area contributed by atoms with Gasteiger partial charge in [0.25, 0.3) is 0 Å². The molecule has 1 aliphatic carbocycles. The highest BCUT2D eigenvalue weighted by Gasteiger charge is 2.26. The maximum Gasteiger partial charge on any atom is 0.214 e. The number of rotatable bonds is 7. The van der Waals surface area contributed by atoms with Crippen LogP contribution in [0.1, 0.15) is 39.5 Å². The van der Waals surface area contributed by atoms with Crippen LogP contribution in [0.5, 0.6) is 0 Å². The van der Waals surface area contributed by atoms with E-state index in [0.29, 0.717) is 5.92 Å². The van der Waals surface area contributed by atoms with Crippen molar-refractivity contribution in [2.24, 2.45) is 5.92 Å². The van der Waals surface area contributed by atoms with E-state index in [2.05, 4.69) is 10.0 Å². The number of hydrogen-bond acceptors (Lipinski definition) is 4. The van der Waals surface area contributed by atoms with E-state index < -0.39 is 21.2 Å². The first kappa shape index (κ1) is 19.6. The first-order valence-corrected chi connectivity index (χ1v) is 11.6. The van der Waals surface area contributed by atoms with Crippen molar-refractivity contribution < 1.29 is 13.0 Å². The summed E-state index contributed by atoms with van der Waals surface area (Å²) in [6.45, 7) is 4.30. The van der Waals surface area contributed by atoms with E-state index in [1.54, 1.807) is 20.1 Å². The number of hydrogen-bond donors (Lipinski definition) is 2. The fourth-order valence-electron chi connectivity index (χ4n) is 2.88. The lowest BCUT2D eigenvalue weighted by molar-refractivity contribution is 0.323. The van der Waals surface area contributed by atoms with Crippen LogP contribution in [0.2, 0.25) is 0 Å². The van der Waals surface area contributed by atoms with Crippen molar-refractivity contribution in [2.45, 2.75) is 55.7 Å². The second kappa shape index (κ2) is 8.56. The Labute approximate surface area is 148 Å². The normalized spacial score (nSPS) is 23.2. The molecule has 0 amide bonds. The Hall–Kier alpha value is -0.760. The average molecular weight is 373 g/mol. The molecule has 0 aliphatic heterocycles. The Balaban J connectivity index is 1.75. The Kier molecular flexibility index (Phi) is 6.98. The highest BCUT2D eigenvalue weighted by Crippen LogP contribution is 2.25. The Bertz CT molecular complexity index is 607. The van der Waals surface area contributed by atoms with Crippen LogP contribution in [0.4, 0.5) is 5.69 Å². The molecule has 1 aliphatic rings. The van der Waals surface area contributed by atoms with Crippen molar-refractivity contribution >= 4 is 26.9 Å². The minimum atomic E-state index is -3.17. The molecule has 24 heavy (non-hydrogen) atoms. The molecule has 2 N–H and O–H groups in total. The second-order valence-electron chi connectivity index (χ2n) is 6.79. The molecule has 1 unspecified atom stereocenters. The van der Waals surface area contributed by atoms with E-state index in [1.165, 1.54) is 0 Å². The smallest absolute Gasteiger partial charge is 0.214 e. The summed E-state index contributed by atoms with van der Waals surface area (Å²) in [5, 5.41) is 3.05. The van der Waals surface area contributed by atoms with Gasteiger partial charge in [-0.2, -0.15) is 0 Å². The van der Waals surface area contributed by atoms with Gasteiger partial charge >= 0.3 is 0 Å². The standard InChI is InChI=1S/C17H28N2O3S2/c1-13(2)24(21,22)19-16-6-4-14(5-7-16)12-18-15-8-10-17(11-9-15)23(3)20/h8-11,13-14,16,18-19H,4-7,12H2,1-3H3. The third-order valence-electron chi connectivity index (χ3n) is 4.58. The van der Waals surface area contributed by atoms with Crippen molar-refractivity contribution in [3.05, 3.63) is 24.3 Å². The van der Waals surface area contributed by atoms with Crippen LogP contribution in [0.15, 0.2) is 29.2 Å². The molecule has 0 radical (unpaired) electrons. The van der Waals surface area contributed by atoms with Crippen molar-refractivity contribution in [3.8, 4) is 0 Å². The van der Waals surface area contributed by atoms with Crippen molar-refractivity contribution in [1.82, 2.24) is 4.72 Å². The monoisotopic (exact) mass is 372 g/mol. The zero-order valence-electron chi connectivity index (χ0n) is 14.6. The molecule has 0 heterocycles. The maximum atomic E-state index is 11.9. The van der Waals surface area contributed by atoms with Crippen molar-refractivity contribution in [3.63, 3.8) is 0 Å². The van der Waals surface area contributed by atoms with E-state index in [-0.39, 0.29) is 11.3 Å².